The fraction of sp³-hybridized carbons (Fsp3) is 0.714. The molecule has 21 heavy (non-hydrogen) atoms. The Morgan fingerprint density at radius 1 is 1.62 bits per heavy atom. The second-order valence-electron chi connectivity index (χ2n) is 6.35. The number of ether oxygens (including phenoxy) is 1. The summed E-state index contributed by atoms with van der Waals surface area (Å²) < 4.78 is 5.83. The van der Waals surface area contributed by atoms with Crippen LogP contribution >= 0.6 is 22.9 Å². The first-order valence-electron chi connectivity index (χ1n) is 7.11. The molecule has 1 fully saturated rings. The Labute approximate surface area is 134 Å². The summed E-state index contributed by atoms with van der Waals surface area (Å²) in [6.07, 6.45) is 2.58. The van der Waals surface area contributed by atoms with Crippen LogP contribution in [0.3, 0.4) is 0 Å². The highest BCUT2D eigenvalue weighted by Crippen LogP contribution is 2.23. The smallest absolute Gasteiger partial charge is 0.407 e. The molecule has 1 aromatic rings. The van der Waals surface area contributed by atoms with Gasteiger partial charge in [0.1, 0.15) is 5.60 Å². The lowest BCUT2D eigenvalue weighted by atomic mass is 10.1. The second kappa shape index (κ2) is 6.94. The molecule has 0 aromatic carbocycles. The monoisotopic (exact) mass is 331 g/mol. The average Bonchev–Trinajstić information content (AvgIpc) is 2.95. The van der Waals surface area contributed by atoms with Crippen molar-refractivity contribution in [2.45, 2.75) is 39.3 Å². The highest BCUT2D eigenvalue weighted by Gasteiger charge is 2.24. The van der Waals surface area contributed by atoms with Crippen molar-refractivity contribution in [1.82, 2.24) is 15.2 Å². The summed E-state index contributed by atoms with van der Waals surface area (Å²) in [4.78, 5) is 19.2. The molecule has 0 aliphatic carbocycles. The van der Waals surface area contributed by atoms with E-state index in [-0.39, 0.29) is 6.09 Å². The molecule has 1 aliphatic rings. The van der Waals surface area contributed by atoms with Crippen molar-refractivity contribution in [3.8, 4) is 0 Å². The first kappa shape index (κ1) is 16.5. The maximum absolute atomic E-state index is 11.6. The normalized spacial score (nSPS) is 19.7. The maximum Gasteiger partial charge on any atom is 0.407 e. The van der Waals surface area contributed by atoms with E-state index in [1.165, 1.54) is 16.2 Å². The standard InChI is InChI=1S/C14H22ClN3O2S/c1-14(2,3)20-13(19)17-6-10-4-5-18(8-10)9-11-7-16-12(15)21-11/h7,10H,4-6,8-9H2,1-3H3,(H,17,19)/t10-/m1/s1. The fourth-order valence-electron chi connectivity index (χ4n) is 2.34. The van der Waals surface area contributed by atoms with Gasteiger partial charge in [-0.25, -0.2) is 9.78 Å². The van der Waals surface area contributed by atoms with Gasteiger partial charge < -0.3 is 10.1 Å². The van der Waals surface area contributed by atoms with E-state index in [0.717, 1.165) is 26.1 Å². The summed E-state index contributed by atoms with van der Waals surface area (Å²) >= 11 is 7.36. The van der Waals surface area contributed by atoms with Crippen LogP contribution in [0.15, 0.2) is 6.20 Å². The van der Waals surface area contributed by atoms with Gasteiger partial charge in [-0.15, -0.1) is 11.3 Å². The Morgan fingerprint density at radius 2 is 2.38 bits per heavy atom. The molecular weight excluding hydrogens is 310 g/mol. The number of carbonyl (C=O) groups is 1. The number of nitrogens with zero attached hydrogens (tertiary/aromatic N) is 2. The van der Waals surface area contributed by atoms with E-state index in [9.17, 15) is 4.79 Å². The number of nitrogens with one attached hydrogen (secondary N) is 1. The van der Waals surface area contributed by atoms with Crippen LogP contribution in [-0.4, -0.2) is 41.2 Å². The van der Waals surface area contributed by atoms with Gasteiger partial charge in [-0.05, 0) is 39.7 Å². The summed E-state index contributed by atoms with van der Waals surface area (Å²) in [7, 11) is 0. The number of halogens is 1. The molecule has 1 atom stereocenters. The number of hydrogen-bond acceptors (Lipinski definition) is 5. The number of amides is 1. The zero-order valence-electron chi connectivity index (χ0n) is 12.7. The lowest BCUT2D eigenvalue weighted by Crippen LogP contribution is -2.35. The Morgan fingerprint density at radius 3 is 3.00 bits per heavy atom. The van der Waals surface area contributed by atoms with Crippen molar-refractivity contribution in [2.75, 3.05) is 19.6 Å². The number of thiazole rings is 1. The number of likely N-dealkylation sites (tertiary alicyclic amines) is 1. The van der Waals surface area contributed by atoms with Crippen molar-refractivity contribution in [2.24, 2.45) is 5.92 Å². The predicted octanol–water partition coefficient (Wildman–Crippen LogP) is 3.14. The third-order valence-corrected chi connectivity index (χ3v) is 4.31. The van der Waals surface area contributed by atoms with Gasteiger partial charge in [0.05, 0.1) is 0 Å². The molecule has 1 amide bonds. The van der Waals surface area contributed by atoms with Gasteiger partial charge in [-0.1, -0.05) is 11.6 Å². The van der Waals surface area contributed by atoms with Gasteiger partial charge in [-0.3, -0.25) is 4.90 Å². The molecule has 0 saturated carbocycles. The summed E-state index contributed by atoms with van der Waals surface area (Å²) in [6.45, 7) is 9.15. The van der Waals surface area contributed by atoms with E-state index in [1.54, 1.807) is 0 Å². The van der Waals surface area contributed by atoms with Gasteiger partial charge >= 0.3 is 6.09 Å². The summed E-state index contributed by atoms with van der Waals surface area (Å²) in [5.74, 6) is 0.473. The van der Waals surface area contributed by atoms with Gasteiger partial charge in [0.15, 0.2) is 4.47 Å². The number of rotatable bonds is 4. The maximum atomic E-state index is 11.6. The van der Waals surface area contributed by atoms with E-state index < -0.39 is 5.60 Å². The first-order valence-corrected chi connectivity index (χ1v) is 8.31. The number of carbonyl (C=O) groups excluding carboxylic acids is 1. The first-order chi connectivity index (χ1) is 9.82. The average molecular weight is 332 g/mol. The lowest BCUT2D eigenvalue weighted by Gasteiger charge is -2.20. The molecule has 7 heteroatoms. The van der Waals surface area contributed by atoms with Crippen LogP contribution in [0.25, 0.3) is 0 Å². The molecule has 2 rings (SSSR count). The predicted molar refractivity (Wildman–Crippen MR) is 84.7 cm³/mol. The Bertz CT molecular complexity index is 487. The minimum Gasteiger partial charge on any atom is -0.444 e. The molecule has 1 N–H and O–H groups in total. The van der Waals surface area contributed by atoms with Crippen molar-refractivity contribution < 1.29 is 9.53 Å². The van der Waals surface area contributed by atoms with Gasteiger partial charge in [0, 0.05) is 30.7 Å². The van der Waals surface area contributed by atoms with Crippen LogP contribution in [0.2, 0.25) is 4.47 Å². The molecular formula is C14H22ClN3O2S. The molecule has 1 saturated heterocycles. The summed E-state index contributed by atoms with van der Waals surface area (Å²) in [5.41, 5.74) is -0.447. The minimum atomic E-state index is -0.447. The molecule has 5 nitrogen and oxygen atoms in total. The van der Waals surface area contributed by atoms with E-state index in [4.69, 9.17) is 16.3 Å². The minimum absolute atomic E-state index is 0.338. The van der Waals surface area contributed by atoms with Crippen LogP contribution < -0.4 is 5.32 Å². The van der Waals surface area contributed by atoms with Crippen LogP contribution in [0.1, 0.15) is 32.1 Å². The van der Waals surface area contributed by atoms with Crippen molar-refractivity contribution in [3.63, 3.8) is 0 Å². The highest BCUT2D eigenvalue weighted by molar-refractivity contribution is 7.15. The third kappa shape index (κ3) is 5.80. The number of alkyl carbamates (subject to hydrolysis) is 1. The molecule has 0 bridgehead atoms. The molecule has 0 unspecified atom stereocenters. The van der Waals surface area contributed by atoms with E-state index in [0.29, 0.717) is 16.9 Å². The second-order valence-corrected chi connectivity index (χ2v) is 8.05. The van der Waals surface area contributed by atoms with Crippen LogP contribution in [0.4, 0.5) is 4.79 Å². The van der Waals surface area contributed by atoms with E-state index in [1.807, 2.05) is 27.0 Å². The third-order valence-electron chi connectivity index (χ3n) is 3.21. The van der Waals surface area contributed by atoms with Crippen LogP contribution in [-0.2, 0) is 11.3 Å². The largest absolute Gasteiger partial charge is 0.444 e. The lowest BCUT2D eigenvalue weighted by molar-refractivity contribution is 0.0519. The summed E-state index contributed by atoms with van der Waals surface area (Å²) in [5, 5.41) is 2.85. The van der Waals surface area contributed by atoms with Crippen LogP contribution in [0, 0.1) is 5.92 Å². The topological polar surface area (TPSA) is 54.5 Å². The van der Waals surface area contributed by atoms with Crippen molar-refractivity contribution in [1.29, 1.82) is 0 Å². The molecule has 118 valence electrons. The van der Waals surface area contributed by atoms with Gasteiger partial charge in [-0.2, -0.15) is 0 Å². The molecule has 0 spiro atoms. The van der Waals surface area contributed by atoms with E-state index >= 15 is 0 Å². The number of aromatic nitrogens is 1. The zero-order valence-corrected chi connectivity index (χ0v) is 14.3. The Hall–Kier alpha value is -0.850. The highest BCUT2D eigenvalue weighted by atomic mass is 35.5. The zero-order chi connectivity index (χ0) is 15.5. The van der Waals surface area contributed by atoms with Crippen molar-refractivity contribution >= 4 is 29.0 Å². The van der Waals surface area contributed by atoms with Gasteiger partial charge in [0.2, 0.25) is 0 Å². The molecule has 0 radical (unpaired) electrons. The Kier molecular flexibility index (Phi) is 5.46. The van der Waals surface area contributed by atoms with E-state index in [2.05, 4.69) is 15.2 Å². The van der Waals surface area contributed by atoms with Crippen molar-refractivity contribution in [3.05, 3.63) is 15.5 Å². The van der Waals surface area contributed by atoms with Gasteiger partial charge in [0.25, 0.3) is 0 Å². The van der Waals surface area contributed by atoms with Crippen LogP contribution in [0.5, 0.6) is 0 Å². The summed E-state index contributed by atoms with van der Waals surface area (Å²) in [6, 6.07) is 0. The number of hydrogen-bond donors (Lipinski definition) is 1. The quantitative estimate of drug-likeness (QED) is 0.921. The fourth-order valence-corrected chi connectivity index (χ4v) is 3.36. The Balaban J connectivity index is 1.69. The molecule has 1 aromatic heterocycles. The SMILES string of the molecule is CC(C)(C)OC(=O)NC[C@H]1CCN(Cc2cnc(Cl)s2)C1. The molecule has 2 heterocycles. The molecule has 1 aliphatic heterocycles.